The second-order valence-electron chi connectivity index (χ2n) is 3.51. The summed E-state index contributed by atoms with van der Waals surface area (Å²) in [6.45, 7) is 15.2. The molecule has 0 aliphatic rings. The van der Waals surface area contributed by atoms with Gasteiger partial charge >= 0.3 is 0 Å². The van der Waals surface area contributed by atoms with Gasteiger partial charge in [-0.3, -0.25) is 0 Å². The van der Waals surface area contributed by atoms with Crippen LogP contribution in [0.15, 0.2) is 12.7 Å². The van der Waals surface area contributed by atoms with Crippen LogP contribution in [0.3, 0.4) is 0 Å². The average Bonchev–Trinajstić information content (AvgIpc) is 2.71. The Morgan fingerprint density at radius 1 is 1.29 bits per heavy atom. The zero-order valence-corrected chi connectivity index (χ0v) is 12.0. The maximum absolute atomic E-state index is 4.58. The minimum atomic E-state index is 0.971. The average molecular weight is 234 g/mol. The van der Waals surface area contributed by atoms with Gasteiger partial charge < -0.3 is 4.57 Å². The van der Waals surface area contributed by atoms with Crippen molar-refractivity contribution in [2.45, 2.75) is 54.0 Å². The summed E-state index contributed by atoms with van der Waals surface area (Å²) in [6, 6.07) is 0. The summed E-state index contributed by atoms with van der Waals surface area (Å²) >= 11 is 0. The number of hydrogen-bond acceptors (Lipinski definition) is 1. The van der Waals surface area contributed by atoms with E-state index in [-0.39, 0.29) is 0 Å². The maximum atomic E-state index is 4.58. The molecule has 0 fully saturated rings. The van der Waals surface area contributed by atoms with Gasteiger partial charge in [-0.05, 0) is 25.5 Å². The molecule has 1 heterocycles. The van der Waals surface area contributed by atoms with E-state index < -0.39 is 0 Å². The van der Waals surface area contributed by atoms with Crippen molar-refractivity contribution in [1.82, 2.24) is 9.55 Å². The van der Waals surface area contributed by atoms with Crippen LogP contribution in [-0.4, -0.2) is 9.55 Å². The Balaban J connectivity index is 0.00000121. The zero-order chi connectivity index (χ0) is 13.3. The first-order valence-electron chi connectivity index (χ1n) is 6.62. The van der Waals surface area contributed by atoms with Crippen molar-refractivity contribution in [1.29, 1.82) is 0 Å². The lowest BCUT2D eigenvalue weighted by molar-refractivity contribution is 0.638. The van der Waals surface area contributed by atoms with E-state index in [1.807, 2.05) is 26.8 Å². The molecule has 0 saturated heterocycles. The Kier molecular flexibility index (Phi) is 8.12. The van der Waals surface area contributed by atoms with Crippen molar-refractivity contribution >= 4 is 12.2 Å². The van der Waals surface area contributed by atoms with Crippen molar-refractivity contribution in [2.24, 2.45) is 0 Å². The minimum absolute atomic E-state index is 0.971. The van der Waals surface area contributed by atoms with E-state index in [1.165, 1.54) is 5.69 Å². The lowest BCUT2D eigenvalue weighted by Gasteiger charge is -2.07. The predicted octanol–water partition coefficient (Wildman–Crippen LogP) is 4.56. The topological polar surface area (TPSA) is 17.8 Å². The standard InChI is InChI=1S/C13H20N2.C2H6/c1-5-9-12-11(7-3)14-13(8-4)15(12)10-6-2;1-2/h5,7,9H,3,6,8,10H2,1-2,4H3;1-2H3/b9-5+;. The number of rotatable bonds is 5. The first kappa shape index (κ1) is 15.7. The Morgan fingerprint density at radius 3 is 2.35 bits per heavy atom. The Morgan fingerprint density at radius 2 is 1.94 bits per heavy atom. The number of nitrogens with zero attached hydrogens (tertiary/aromatic N) is 2. The van der Waals surface area contributed by atoms with Gasteiger partial charge in [0, 0.05) is 13.0 Å². The fourth-order valence-corrected chi connectivity index (χ4v) is 1.76. The summed E-state index contributed by atoms with van der Waals surface area (Å²) < 4.78 is 2.29. The molecule has 0 aliphatic heterocycles. The molecule has 0 N–H and O–H groups in total. The molecular weight excluding hydrogens is 208 g/mol. The molecule has 0 aromatic carbocycles. The molecule has 0 amide bonds. The highest BCUT2D eigenvalue weighted by molar-refractivity contribution is 5.59. The fourth-order valence-electron chi connectivity index (χ4n) is 1.76. The van der Waals surface area contributed by atoms with Crippen molar-refractivity contribution in [3.8, 4) is 0 Å². The third-order valence-corrected chi connectivity index (χ3v) is 2.40. The molecule has 96 valence electrons. The largest absolute Gasteiger partial charge is 0.328 e. The van der Waals surface area contributed by atoms with Gasteiger partial charge in [0.15, 0.2) is 0 Å². The van der Waals surface area contributed by atoms with Crippen LogP contribution < -0.4 is 0 Å². The van der Waals surface area contributed by atoms with E-state index >= 15 is 0 Å². The van der Waals surface area contributed by atoms with Gasteiger partial charge in [-0.15, -0.1) is 0 Å². The second-order valence-corrected chi connectivity index (χ2v) is 3.51. The molecule has 0 radical (unpaired) electrons. The quantitative estimate of drug-likeness (QED) is 0.730. The first-order valence-corrected chi connectivity index (χ1v) is 6.62. The van der Waals surface area contributed by atoms with E-state index in [4.69, 9.17) is 0 Å². The molecule has 0 unspecified atom stereocenters. The molecule has 0 bridgehead atoms. The second kappa shape index (κ2) is 8.80. The Bertz CT molecular complexity index is 359. The highest BCUT2D eigenvalue weighted by atomic mass is 15.1. The van der Waals surface area contributed by atoms with Crippen molar-refractivity contribution in [3.05, 3.63) is 29.9 Å². The fraction of sp³-hybridized carbons (Fsp3) is 0.533. The molecule has 1 aromatic heterocycles. The van der Waals surface area contributed by atoms with Gasteiger partial charge in [-0.1, -0.05) is 40.3 Å². The van der Waals surface area contributed by atoms with Crippen LogP contribution >= 0.6 is 0 Å². The number of aromatic nitrogens is 2. The Hall–Kier alpha value is -1.31. The van der Waals surface area contributed by atoms with Crippen LogP contribution in [0.25, 0.3) is 12.2 Å². The monoisotopic (exact) mass is 234 g/mol. The van der Waals surface area contributed by atoms with Crippen molar-refractivity contribution < 1.29 is 0 Å². The molecule has 0 aliphatic carbocycles. The van der Waals surface area contributed by atoms with Gasteiger partial charge in [0.1, 0.15) is 5.82 Å². The third-order valence-electron chi connectivity index (χ3n) is 2.40. The molecular formula is C15H26N2. The summed E-state index contributed by atoms with van der Waals surface area (Å²) in [5, 5.41) is 0. The lowest BCUT2D eigenvalue weighted by atomic mass is 10.3. The van der Waals surface area contributed by atoms with Crippen LogP contribution in [0.2, 0.25) is 0 Å². The van der Waals surface area contributed by atoms with Crippen molar-refractivity contribution in [2.75, 3.05) is 0 Å². The number of allylic oxidation sites excluding steroid dienone is 1. The lowest BCUT2D eigenvalue weighted by Crippen LogP contribution is -2.04. The van der Waals surface area contributed by atoms with Gasteiger partial charge in [0.05, 0.1) is 11.4 Å². The molecule has 2 heteroatoms. The molecule has 17 heavy (non-hydrogen) atoms. The molecule has 1 rings (SSSR count). The summed E-state index contributed by atoms with van der Waals surface area (Å²) in [5.41, 5.74) is 2.18. The molecule has 0 saturated carbocycles. The number of hydrogen-bond donors (Lipinski definition) is 0. The number of imidazole rings is 1. The van der Waals surface area contributed by atoms with Crippen LogP contribution in [0.1, 0.15) is 58.3 Å². The van der Waals surface area contributed by atoms with E-state index in [0.717, 1.165) is 30.9 Å². The molecule has 1 aromatic rings. The summed E-state index contributed by atoms with van der Waals surface area (Å²) in [5.74, 6) is 1.15. The third kappa shape index (κ3) is 3.88. The van der Waals surface area contributed by atoms with Gasteiger partial charge in [0.2, 0.25) is 0 Å². The van der Waals surface area contributed by atoms with E-state index in [0.29, 0.717) is 0 Å². The van der Waals surface area contributed by atoms with E-state index in [1.54, 1.807) is 0 Å². The Labute approximate surface area is 106 Å². The molecule has 0 atom stereocenters. The zero-order valence-electron chi connectivity index (χ0n) is 12.0. The molecule has 0 spiro atoms. The number of aryl methyl sites for hydroxylation is 1. The first-order chi connectivity index (χ1) is 8.28. The van der Waals surface area contributed by atoms with E-state index in [2.05, 4.69) is 42.1 Å². The van der Waals surface area contributed by atoms with Crippen LogP contribution in [0.5, 0.6) is 0 Å². The van der Waals surface area contributed by atoms with Crippen LogP contribution in [0, 0.1) is 0 Å². The summed E-state index contributed by atoms with van der Waals surface area (Å²) in [6.07, 6.45) is 8.10. The summed E-state index contributed by atoms with van der Waals surface area (Å²) in [4.78, 5) is 4.58. The van der Waals surface area contributed by atoms with Gasteiger partial charge in [-0.2, -0.15) is 0 Å². The van der Waals surface area contributed by atoms with Crippen LogP contribution in [0.4, 0.5) is 0 Å². The van der Waals surface area contributed by atoms with Gasteiger partial charge in [-0.25, -0.2) is 4.98 Å². The summed E-state index contributed by atoms with van der Waals surface area (Å²) in [7, 11) is 0. The van der Waals surface area contributed by atoms with Crippen molar-refractivity contribution in [3.63, 3.8) is 0 Å². The van der Waals surface area contributed by atoms with Gasteiger partial charge in [0.25, 0.3) is 0 Å². The van der Waals surface area contributed by atoms with Crippen LogP contribution in [-0.2, 0) is 13.0 Å². The van der Waals surface area contributed by atoms with E-state index in [9.17, 15) is 0 Å². The molecule has 2 nitrogen and oxygen atoms in total. The smallest absolute Gasteiger partial charge is 0.109 e. The SMILES string of the molecule is C=Cc1nc(CC)n(CCC)c1/C=C/C.CC. The minimum Gasteiger partial charge on any atom is -0.328 e. The predicted molar refractivity (Wildman–Crippen MR) is 78.0 cm³/mol. The normalized spacial score (nSPS) is 10.2. The highest BCUT2D eigenvalue weighted by Crippen LogP contribution is 2.16. The highest BCUT2D eigenvalue weighted by Gasteiger charge is 2.10. The maximum Gasteiger partial charge on any atom is 0.109 e.